The van der Waals surface area contributed by atoms with Crippen LogP contribution in [0.1, 0.15) is 0 Å². The molecule has 1 aliphatic rings. The van der Waals surface area contributed by atoms with Gasteiger partial charge in [-0.2, -0.15) is 0 Å². The predicted molar refractivity (Wildman–Crippen MR) is 74.3 cm³/mol. The fourth-order valence-electron chi connectivity index (χ4n) is 1.98. The Morgan fingerprint density at radius 3 is 2.55 bits per heavy atom. The fourth-order valence-corrected chi connectivity index (χ4v) is 2.70. The zero-order valence-corrected chi connectivity index (χ0v) is 11.7. The molecule has 1 aromatic carbocycles. The lowest BCUT2D eigenvalue weighted by Crippen LogP contribution is -2.48. The Labute approximate surface area is 124 Å². The topological polar surface area (TPSA) is 98.7 Å². The summed E-state index contributed by atoms with van der Waals surface area (Å²) < 4.78 is 5.22. The van der Waals surface area contributed by atoms with E-state index in [0.717, 1.165) is 0 Å². The number of morpholine rings is 1. The van der Waals surface area contributed by atoms with Crippen LogP contribution < -0.4 is 10.6 Å². The molecule has 0 aromatic heterocycles. The Morgan fingerprint density at radius 2 is 2.05 bits per heavy atom. The zero-order valence-electron chi connectivity index (χ0n) is 10.2. The van der Waals surface area contributed by atoms with Gasteiger partial charge in [0.2, 0.25) is 5.91 Å². The second-order valence-electron chi connectivity index (χ2n) is 4.22. The lowest BCUT2D eigenvalue weighted by Gasteiger charge is -2.34. The molecule has 20 heavy (non-hydrogen) atoms. The molecule has 1 heterocycles. The number of rotatable bonds is 3. The van der Waals surface area contributed by atoms with Crippen molar-refractivity contribution in [2.75, 3.05) is 24.6 Å². The Hall–Kier alpha value is -1.57. The summed E-state index contributed by atoms with van der Waals surface area (Å²) in [4.78, 5) is 23.0. The summed E-state index contributed by atoms with van der Waals surface area (Å²) in [5, 5.41) is 11.0. The number of benzene rings is 1. The van der Waals surface area contributed by atoms with E-state index in [9.17, 15) is 14.9 Å². The highest BCUT2D eigenvalue weighted by Crippen LogP contribution is 2.38. The van der Waals surface area contributed by atoms with Crippen LogP contribution >= 0.6 is 23.2 Å². The number of amides is 1. The lowest BCUT2D eigenvalue weighted by molar-refractivity contribution is -0.384. The summed E-state index contributed by atoms with van der Waals surface area (Å²) in [6.07, 6.45) is -0.758. The molecule has 0 radical (unpaired) electrons. The molecule has 1 aliphatic heterocycles. The molecule has 2 rings (SSSR count). The van der Waals surface area contributed by atoms with Crippen molar-refractivity contribution in [3.63, 3.8) is 0 Å². The molecular weight excluding hydrogens is 309 g/mol. The molecule has 1 unspecified atom stereocenters. The monoisotopic (exact) mass is 319 g/mol. The summed E-state index contributed by atoms with van der Waals surface area (Å²) in [6, 6.07) is 2.44. The van der Waals surface area contributed by atoms with Gasteiger partial charge in [0, 0.05) is 18.7 Å². The summed E-state index contributed by atoms with van der Waals surface area (Å²) in [5.41, 5.74) is 5.45. The molecule has 1 saturated heterocycles. The highest BCUT2D eigenvalue weighted by molar-refractivity contribution is 6.39. The van der Waals surface area contributed by atoms with E-state index >= 15 is 0 Å². The second-order valence-corrected chi connectivity index (χ2v) is 5.04. The molecule has 1 aromatic rings. The van der Waals surface area contributed by atoms with Gasteiger partial charge in [0.15, 0.2) is 6.10 Å². The molecule has 1 fully saturated rings. The zero-order chi connectivity index (χ0) is 14.9. The van der Waals surface area contributed by atoms with Gasteiger partial charge in [-0.05, 0) is 0 Å². The van der Waals surface area contributed by atoms with E-state index in [4.69, 9.17) is 33.7 Å². The third-order valence-electron chi connectivity index (χ3n) is 2.91. The van der Waals surface area contributed by atoms with Crippen LogP contribution in [-0.2, 0) is 9.53 Å². The Morgan fingerprint density at radius 1 is 1.45 bits per heavy atom. The number of hydrogen-bond acceptors (Lipinski definition) is 5. The number of hydrogen-bond donors (Lipinski definition) is 1. The van der Waals surface area contributed by atoms with Crippen molar-refractivity contribution < 1.29 is 14.5 Å². The number of carbonyl (C=O) groups is 1. The average Bonchev–Trinajstić information content (AvgIpc) is 2.38. The molecule has 0 bridgehead atoms. The molecule has 1 atom stereocenters. The van der Waals surface area contributed by atoms with Crippen LogP contribution in [0.15, 0.2) is 12.1 Å². The van der Waals surface area contributed by atoms with E-state index in [1.165, 1.54) is 12.1 Å². The van der Waals surface area contributed by atoms with Crippen molar-refractivity contribution in [3.05, 3.63) is 32.3 Å². The minimum absolute atomic E-state index is 0.148. The van der Waals surface area contributed by atoms with Crippen LogP contribution in [0.3, 0.4) is 0 Å². The van der Waals surface area contributed by atoms with Crippen LogP contribution in [0.25, 0.3) is 0 Å². The van der Waals surface area contributed by atoms with Gasteiger partial charge >= 0.3 is 0 Å². The number of nitrogens with two attached hydrogens (primary N) is 1. The van der Waals surface area contributed by atoms with Crippen LogP contribution in [0.4, 0.5) is 11.4 Å². The number of nitrogens with zero attached hydrogens (tertiary/aromatic N) is 2. The summed E-state index contributed by atoms with van der Waals surface area (Å²) in [6.45, 7) is 0.949. The SMILES string of the molecule is NC(=O)C1CN(c2c(Cl)cc([N+](=O)[O-])cc2Cl)CCO1. The van der Waals surface area contributed by atoms with Crippen molar-refractivity contribution >= 4 is 40.5 Å². The Kier molecular flexibility index (Phi) is 4.32. The Balaban J connectivity index is 2.33. The maximum absolute atomic E-state index is 11.2. The number of halogens is 2. The summed E-state index contributed by atoms with van der Waals surface area (Å²) in [5.74, 6) is -0.580. The second kappa shape index (κ2) is 5.82. The number of carbonyl (C=O) groups excluding carboxylic acids is 1. The maximum Gasteiger partial charge on any atom is 0.272 e. The third kappa shape index (κ3) is 2.95. The average molecular weight is 320 g/mol. The molecule has 0 saturated carbocycles. The minimum atomic E-state index is -0.758. The van der Waals surface area contributed by atoms with Crippen LogP contribution in [-0.4, -0.2) is 36.6 Å². The molecule has 9 heteroatoms. The van der Waals surface area contributed by atoms with E-state index in [1.54, 1.807) is 4.90 Å². The first-order valence-corrected chi connectivity index (χ1v) is 6.45. The maximum atomic E-state index is 11.2. The number of ether oxygens (including phenoxy) is 1. The van der Waals surface area contributed by atoms with Crippen molar-refractivity contribution in [3.8, 4) is 0 Å². The molecule has 7 nitrogen and oxygen atoms in total. The molecular formula is C11H11Cl2N3O4. The normalized spacial score (nSPS) is 18.9. The van der Waals surface area contributed by atoms with E-state index in [0.29, 0.717) is 12.2 Å². The van der Waals surface area contributed by atoms with Crippen molar-refractivity contribution in [1.82, 2.24) is 0 Å². The number of nitro groups is 1. The first-order valence-electron chi connectivity index (χ1n) is 5.69. The molecule has 0 aliphatic carbocycles. The molecule has 108 valence electrons. The highest BCUT2D eigenvalue weighted by Gasteiger charge is 2.28. The van der Waals surface area contributed by atoms with E-state index in [1.807, 2.05) is 0 Å². The lowest BCUT2D eigenvalue weighted by atomic mass is 10.2. The van der Waals surface area contributed by atoms with Crippen LogP contribution in [0.5, 0.6) is 0 Å². The van der Waals surface area contributed by atoms with Gasteiger partial charge < -0.3 is 15.4 Å². The minimum Gasteiger partial charge on any atom is -0.367 e. The van der Waals surface area contributed by atoms with Gasteiger partial charge in [0.1, 0.15) is 0 Å². The number of primary amides is 1. The summed E-state index contributed by atoms with van der Waals surface area (Å²) in [7, 11) is 0. The highest BCUT2D eigenvalue weighted by atomic mass is 35.5. The third-order valence-corrected chi connectivity index (χ3v) is 3.49. The quantitative estimate of drug-likeness (QED) is 0.673. The van der Waals surface area contributed by atoms with E-state index in [-0.39, 0.29) is 28.9 Å². The van der Waals surface area contributed by atoms with Gasteiger partial charge in [-0.1, -0.05) is 23.2 Å². The molecule has 2 N–H and O–H groups in total. The van der Waals surface area contributed by atoms with E-state index < -0.39 is 16.9 Å². The van der Waals surface area contributed by atoms with Gasteiger partial charge in [-0.15, -0.1) is 0 Å². The van der Waals surface area contributed by atoms with Gasteiger partial charge in [-0.25, -0.2) is 0 Å². The Bertz CT molecular complexity index is 544. The molecule has 0 spiro atoms. The standard InChI is InChI=1S/C11H11Cl2N3O4/c12-7-3-6(16(18)19)4-8(13)10(7)15-1-2-20-9(5-15)11(14)17/h3-4,9H,1-2,5H2,(H2,14,17). The van der Waals surface area contributed by atoms with Gasteiger partial charge in [-0.3, -0.25) is 14.9 Å². The first-order chi connectivity index (χ1) is 9.40. The first kappa shape index (κ1) is 14.8. The summed E-state index contributed by atoms with van der Waals surface area (Å²) >= 11 is 12.1. The smallest absolute Gasteiger partial charge is 0.272 e. The number of non-ortho nitro benzene ring substituents is 1. The number of nitro benzene ring substituents is 1. The van der Waals surface area contributed by atoms with Crippen molar-refractivity contribution in [1.29, 1.82) is 0 Å². The van der Waals surface area contributed by atoms with Gasteiger partial charge in [0.05, 0.1) is 33.8 Å². The largest absolute Gasteiger partial charge is 0.367 e. The van der Waals surface area contributed by atoms with Crippen LogP contribution in [0, 0.1) is 10.1 Å². The van der Waals surface area contributed by atoms with Crippen molar-refractivity contribution in [2.45, 2.75) is 6.10 Å². The molecule has 1 amide bonds. The van der Waals surface area contributed by atoms with Crippen molar-refractivity contribution in [2.24, 2.45) is 5.73 Å². The fraction of sp³-hybridized carbons (Fsp3) is 0.364. The number of anilines is 1. The van der Waals surface area contributed by atoms with Gasteiger partial charge in [0.25, 0.3) is 5.69 Å². The van der Waals surface area contributed by atoms with E-state index in [2.05, 4.69) is 0 Å². The predicted octanol–water partition coefficient (Wildman–Crippen LogP) is 1.59. The van der Waals surface area contributed by atoms with Crippen LogP contribution in [0.2, 0.25) is 10.0 Å².